The van der Waals surface area contributed by atoms with Gasteiger partial charge in [-0.05, 0) is 104 Å². The van der Waals surface area contributed by atoms with Gasteiger partial charge >= 0.3 is 16.5 Å². The van der Waals surface area contributed by atoms with E-state index < -0.39 is 34.9 Å². The zero-order chi connectivity index (χ0) is 47.3. The number of carbonyl (C=O) groups is 2. The Morgan fingerprint density at radius 3 is 1.26 bits per heavy atom. The summed E-state index contributed by atoms with van der Waals surface area (Å²) in [7, 11) is 0. The summed E-state index contributed by atoms with van der Waals surface area (Å²) >= 11 is 0. The van der Waals surface area contributed by atoms with E-state index in [-0.39, 0.29) is 27.6 Å². The number of aliphatic imine (C=N–C) groups is 2. The number of phenols is 4. The van der Waals surface area contributed by atoms with Crippen molar-refractivity contribution in [1.82, 2.24) is 0 Å². The molecule has 4 aromatic rings. The van der Waals surface area contributed by atoms with Crippen LogP contribution in [0.25, 0.3) is 0 Å². The smallest absolute Gasteiger partial charge is 0.545 e. The fourth-order valence-corrected chi connectivity index (χ4v) is 6.56. The molecule has 11 heteroatoms. The van der Waals surface area contributed by atoms with Crippen molar-refractivity contribution in [3.8, 4) is 46.7 Å². The Morgan fingerprint density at radius 1 is 0.492 bits per heavy atom. The van der Waals surface area contributed by atoms with Gasteiger partial charge in [-0.3, -0.25) is 9.98 Å². The van der Waals surface area contributed by atoms with Crippen LogP contribution in [0.4, 0.5) is 11.4 Å². The molecule has 0 amide bonds. The number of para-hydroxylation sites is 2. The van der Waals surface area contributed by atoms with Crippen molar-refractivity contribution in [3.05, 3.63) is 106 Å². The van der Waals surface area contributed by atoms with Gasteiger partial charge < -0.3 is 40.2 Å². The molecule has 0 aliphatic rings. The summed E-state index contributed by atoms with van der Waals surface area (Å²) in [6.45, 7) is 12.5. The van der Waals surface area contributed by atoms with Crippen LogP contribution < -0.4 is 10.2 Å². The Labute approximate surface area is 396 Å². The number of phenolic OH excluding ortho intramolecular Hbond substituents is 2. The molecule has 0 aliphatic heterocycles. The molecule has 0 aliphatic carbocycles. The number of hydrogen-bond acceptors (Lipinski definition) is 10. The Morgan fingerprint density at radius 2 is 0.892 bits per heavy atom. The standard InChI is InChI=1S/C34H44N2.2C10H12O4.Ni/c1-5-9-12-14-16-22-29-24-18-20-27-32(29)35-31(8-4)34(26-11-7-3)36-33-28-21-19-25-30(33)23-17-15-13-10-6-2;2*1-2-3-6-4-5-7(11)9(12)8(6)10(13)14;/h18-21,24-25,27-28H,5-11,16-17,22-23,26H2,1-4H3;2*4-5,11-12H,2-3H2,1H3,(H,13,14);/q;;;+2/p-2. The molecule has 0 bridgehead atoms. The number of benzene rings is 4. The van der Waals surface area contributed by atoms with Crippen LogP contribution in [0.2, 0.25) is 0 Å². The fourth-order valence-electron chi connectivity index (χ4n) is 6.56. The zero-order valence-corrected chi connectivity index (χ0v) is 39.9. The second-order valence-electron chi connectivity index (χ2n) is 15.0. The van der Waals surface area contributed by atoms with Gasteiger partial charge in [0.2, 0.25) is 0 Å². The molecule has 0 atom stereocenters. The van der Waals surface area contributed by atoms with Crippen LogP contribution in [0.3, 0.4) is 0 Å². The molecule has 350 valence electrons. The SMILES string of the molecule is CCCC#CCCc1ccccc1N=C(CC)C(CCCC)=Nc1ccccc1CCC#CCCC.CCCc1ccc(O)c(O)c1C(=O)[O-].CCCc1ccc(O)c(O)c1C(=O)[O-].[Ni+2]. The van der Waals surface area contributed by atoms with Gasteiger partial charge in [0, 0.05) is 36.8 Å². The number of aromatic carboxylic acids is 2. The Balaban J connectivity index is 0.000000593. The van der Waals surface area contributed by atoms with Crippen LogP contribution in [0.15, 0.2) is 82.8 Å². The van der Waals surface area contributed by atoms with Crippen molar-refractivity contribution < 1.29 is 56.7 Å². The van der Waals surface area contributed by atoms with Crippen LogP contribution in [0.1, 0.15) is 162 Å². The normalized spacial score (nSPS) is 10.7. The Hall–Kier alpha value is -6.03. The van der Waals surface area contributed by atoms with Crippen molar-refractivity contribution in [1.29, 1.82) is 0 Å². The molecule has 0 saturated heterocycles. The summed E-state index contributed by atoms with van der Waals surface area (Å²) in [5.74, 6) is 8.11. The summed E-state index contributed by atoms with van der Waals surface area (Å²) in [5, 5.41) is 58.2. The number of carboxylic acids is 2. The van der Waals surface area contributed by atoms with Crippen molar-refractivity contribution in [2.24, 2.45) is 9.98 Å². The minimum Gasteiger partial charge on any atom is -0.545 e. The number of nitrogens with zero attached hydrogens (tertiary/aromatic N) is 2. The Kier molecular flexibility index (Phi) is 28.6. The fraction of sp³-hybridized carbons (Fsp3) is 0.407. The topological polar surface area (TPSA) is 186 Å². The average molecular weight is 930 g/mol. The van der Waals surface area contributed by atoms with E-state index in [2.05, 4.69) is 99.9 Å². The summed E-state index contributed by atoms with van der Waals surface area (Å²) in [6, 6.07) is 22.5. The number of unbranched alkanes of at least 4 members (excludes halogenated alkanes) is 3. The third kappa shape index (κ3) is 19.7. The summed E-state index contributed by atoms with van der Waals surface area (Å²) in [5.41, 5.74) is 7.15. The predicted molar refractivity (Wildman–Crippen MR) is 255 cm³/mol. The van der Waals surface area contributed by atoms with E-state index in [1.54, 1.807) is 0 Å². The summed E-state index contributed by atoms with van der Waals surface area (Å²) in [6.07, 6.45) is 14.4. The second kappa shape index (κ2) is 32.6. The van der Waals surface area contributed by atoms with Gasteiger partial charge in [-0.15, -0.1) is 23.7 Å². The number of carbonyl (C=O) groups excluding carboxylic acids is 2. The maximum atomic E-state index is 10.7. The van der Waals surface area contributed by atoms with Crippen molar-refractivity contribution in [2.45, 2.75) is 144 Å². The van der Waals surface area contributed by atoms with Gasteiger partial charge in [0.15, 0.2) is 23.0 Å². The monoisotopic (exact) mass is 928 g/mol. The first-order valence-corrected chi connectivity index (χ1v) is 22.6. The van der Waals surface area contributed by atoms with Crippen LogP contribution in [-0.4, -0.2) is 43.8 Å². The van der Waals surface area contributed by atoms with Crippen molar-refractivity contribution in [2.75, 3.05) is 0 Å². The first-order chi connectivity index (χ1) is 30.9. The number of hydrogen-bond donors (Lipinski definition) is 4. The van der Waals surface area contributed by atoms with E-state index in [0.717, 1.165) is 113 Å². The van der Waals surface area contributed by atoms with Crippen LogP contribution in [-0.2, 0) is 42.2 Å². The average Bonchev–Trinajstić information content (AvgIpc) is 3.28. The van der Waals surface area contributed by atoms with Gasteiger partial charge in [-0.25, -0.2) is 0 Å². The number of rotatable bonds is 19. The van der Waals surface area contributed by atoms with Crippen molar-refractivity contribution in [3.63, 3.8) is 0 Å². The van der Waals surface area contributed by atoms with Gasteiger partial charge in [-0.2, -0.15) is 0 Å². The first-order valence-electron chi connectivity index (χ1n) is 22.6. The van der Waals surface area contributed by atoms with E-state index in [9.17, 15) is 30.0 Å². The molecule has 4 aromatic carbocycles. The number of carboxylic acid groups (broad SMARTS) is 2. The molecule has 10 nitrogen and oxygen atoms in total. The van der Waals surface area contributed by atoms with Gasteiger partial charge in [-0.1, -0.05) is 109 Å². The molecule has 4 N–H and O–H groups in total. The molecule has 0 aromatic heterocycles. The third-order valence-electron chi connectivity index (χ3n) is 9.90. The van der Waals surface area contributed by atoms with E-state index in [1.165, 1.54) is 35.4 Å². The third-order valence-corrected chi connectivity index (χ3v) is 9.90. The molecule has 4 rings (SSSR count). The predicted octanol–water partition coefficient (Wildman–Crippen LogP) is 10.4. The summed E-state index contributed by atoms with van der Waals surface area (Å²) in [4.78, 5) is 31.8. The molecule has 0 radical (unpaired) electrons. The van der Waals surface area contributed by atoms with Crippen molar-refractivity contribution >= 4 is 34.7 Å². The molecular formula is C54H66N2NiO8. The van der Waals surface area contributed by atoms with E-state index in [1.807, 2.05) is 13.8 Å². The zero-order valence-electron chi connectivity index (χ0n) is 38.9. The van der Waals surface area contributed by atoms with Gasteiger partial charge in [0.05, 0.1) is 34.7 Å². The second-order valence-corrected chi connectivity index (χ2v) is 15.0. The molecule has 0 unspecified atom stereocenters. The minimum atomic E-state index is -1.47. The maximum Gasteiger partial charge on any atom is 2.00 e. The maximum absolute atomic E-state index is 10.7. The molecule has 0 spiro atoms. The van der Waals surface area contributed by atoms with E-state index in [4.69, 9.17) is 20.2 Å². The molecule has 65 heavy (non-hydrogen) atoms. The minimum absolute atomic E-state index is 0. The van der Waals surface area contributed by atoms with E-state index >= 15 is 0 Å². The van der Waals surface area contributed by atoms with E-state index in [0.29, 0.717) is 24.0 Å². The molecule has 0 saturated carbocycles. The van der Waals surface area contributed by atoms with Gasteiger partial charge in [0.25, 0.3) is 0 Å². The summed E-state index contributed by atoms with van der Waals surface area (Å²) < 4.78 is 0. The van der Waals surface area contributed by atoms with Crippen LogP contribution in [0, 0.1) is 23.7 Å². The van der Waals surface area contributed by atoms with Crippen LogP contribution >= 0.6 is 0 Å². The molecular weight excluding hydrogens is 863 g/mol. The number of aromatic hydroxyl groups is 4. The number of aryl methyl sites for hydroxylation is 4. The molecule has 0 heterocycles. The van der Waals surface area contributed by atoms with Crippen LogP contribution in [0.5, 0.6) is 23.0 Å². The van der Waals surface area contributed by atoms with Gasteiger partial charge in [0.1, 0.15) is 0 Å². The first kappa shape index (κ1) is 57.0. The quantitative estimate of drug-likeness (QED) is 0.0310. The largest absolute Gasteiger partial charge is 2.00 e. The Bertz CT molecular complexity index is 2220. The molecule has 0 fully saturated rings.